The molecule has 0 unspecified atom stereocenters. The predicted octanol–water partition coefficient (Wildman–Crippen LogP) is 5.91. The number of carbonyl (C=O) groups excluding carboxylic acids is 1. The number of thioether (sulfide) groups is 1. The molecule has 2 heterocycles. The van der Waals surface area contributed by atoms with Gasteiger partial charge in [-0.3, -0.25) is 18.7 Å². The molecule has 2 aromatic heterocycles. The molecule has 7 nitrogen and oxygen atoms in total. The van der Waals surface area contributed by atoms with Crippen LogP contribution in [-0.4, -0.2) is 38.4 Å². The van der Waals surface area contributed by atoms with Gasteiger partial charge in [0, 0.05) is 11.7 Å². The molecule has 0 saturated heterocycles. The smallest absolute Gasteiger partial charge is 0.278 e. The molecule has 10 heteroatoms. The molecule has 0 bridgehead atoms. The second kappa shape index (κ2) is 11.6. The number of nitrogens with zero attached hydrogens (tertiary/aromatic N) is 3. The van der Waals surface area contributed by atoms with Crippen LogP contribution in [0.5, 0.6) is 5.75 Å². The van der Waals surface area contributed by atoms with Crippen molar-refractivity contribution in [3.05, 3.63) is 68.9 Å². The summed E-state index contributed by atoms with van der Waals surface area (Å²) in [5, 5.41) is 3.60. The highest BCUT2D eigenvalue weighted by Crippen LogP contribution is 2.28. The van der Waals surface area contributed by atoms with E-state index in [0.29, 0.717) is 31.8 Å². The van der Waals surface area contributed by atoms with Gasteiger partial charge in [-0.05, 0) is 68.4 Å². The molecule has 37 heavy (non-hydrogen) atoms. The van der Waals surface area contributed by atoms with Crippen LogP contribution in [0.4, 0.5) is 0 Å². The van der Waals surface area contributed by atoms with Crippen molar-refractivity contribution in [2.45, 2.75) is 50.2 Å². The van der Waals surface area contributed by atoms with Crippen molar-refractivity contribution in [2.24, 2.45) is 0 Å². The number of ether oxygens (including phenoxy) is 1. The third kappa shape index (κ3) is 5.66. The van der Waals surface area contributed by atoms with Crippen molar-refractivity contribution >= 4 is 51.6 Å². The number of amides is 1. The molecule has 4 aromatic rings. The molecule has 0 spiro atoms. The molecule has 1 amide bonds. The zero-order valence-electron chi connectivity index (χ0n) is 20.5. The van der Waals surface area contributed by atoms with Gasteiger partial charge in [-0.15, -0.1) is 0 Å². The van der Waals surface area contributed by atoms with E-state index in [1.165, 1.54) is 29.5 Å². The maximum Gasteiger partial charge on any atom is 0.278 e. The molecule has 0 radical (unpaired) electrons. The lowest BCUT2D eigenvalue weighted by molar-refractivity contribution is -0.119. The average Bonchev–Trinajstić information content (AvgIpc) is 3.25. The Balaban J connectivity index is 1.54. The summed E-state index contributed by atoms with van der Waals surface area (Å²) < 4.78 is 9.96. The van der Waals surface area contributed by atoms with Crippen LogP contribution in [0.2, 0.25) is 0 Å². The molecule has 1 saturated carbocycles. The first kappa shape index (κ1) is 25.7. The topological polar surface area (TPSA) is 78.1 Å². The van der Waals surface area contributed by atoms with Gasteiger partial charge >= 0.3 is 0 Å². The summed E-state index contributed by atoms with van der Waals surface area (Å²) in [7, 11) is 0. The van der Waals surface area contributed by atoms with Crippen molar-refractivity contribution < 1.29 is 9.53 Å². The minimum absolute atomic E-state index is 0.0421. The monoisotopic (exact) mass is 552 g/mol. The summed E-state index contributed by atoms with van der Waals surface area (Å²) in [6.07, 6.45) is 5.57. The fourth-order valence-electron chi connectivity index (χ4n) is 4.57. The molecule has 0 atom stereocenters. The zero-order valence-corrected chi connectivity index (χ0v) is 23.0. The van der Waals surface area contributed by atoms with Gasteiger partial charge in [-0.1, -0.05) is 60.6 Å². The molecule has 1 fully saturated rings. The fourth-order valence-corrected chi connectivity index (χ4v) is 6.69. The summed E-state index contributed by atoms with van der Waals surface area (Å²) in [6.45, 7) is 2.52. The Labute approximate surface area is 228 Å². The first-order valence-electron chi connectivity index (χ1n) is 12.4. The first-order chi connectivity index (χ1) is 18.0. The number of fused-ring (bicyclic) bond motifs is 1. The number of thiazole rings is 1. The minimum Gasteiger partial charge on any atom is -0.494 e. The van der Waals surface area contributed by atoms with Gasteiger partial charge in [0.15, 0.2) is 14.8 Å². The number of para-hydroxylation sites is 1. The van der Waals surface area contributed by atoms with Gasteiger partial charge in [0.1, 0.15) is 10.4 Å². The van der Waals surface area contributed by atoms with Crippen molar-refractivity contribution in [1.29, 1.82) is 0 Å². The Kier molecular flexibility index (Phi) is 8.07. The molecule has 2 aromatic carbocycles. The van der Waals surface area contributed by atoms with Crippen LogP contribution in [0, 0.1) is 3.95 Å². The van der Waals surface area contributed by atoms with Crippen LogP contribution in [0.25, 0.3) is 21.7 Å². The number of hydrogen-bond acceptors (Lipinski definition) is 7. The Morgan fingerprint density at radius 1 is 1.08 bits per heavy atom. The van der Waals surface area contributed by atoms with Crippen LogP contribution in [0.1, 0.15) is 39.0 Å². The molecular formula is C27H28N4O3S3. The Hall–Kier alpha value is -2.95. The third-order valence-corrected chi connectivity index (χ3v) is 8.59. The van der Waals surface area contributed by atoms with Gasteiger partial charge in [0.2, 0.25) is 5.91 Å². The SMILES string of the molecule is CCOc1ccc(-n2c(=S)sc3c(=O)n(-c4ccccc4)c(SCC(=O)NC4CCCCC4)nc32)cc1. The van der Waals surface area contributed by atoms with Gasteiger partial charge in [0.05, 0.1) is 18.0 Å². The standard InChI is InChI=1S/C27H28N4O3S3/c1-2-34-21-15-13-20(14-16-21)30-24-23(37-27(30)35)25(33)31(19-11-7-4-8-12-19)26(29-24)36-17-22(32)28-18-9-5-3-6-10-18/h4,7-8,11-16,18H,2-3,5-6,9-10,17H2,1H3,(H,28,32). The van der Waals surface area contributed by atoms with E-state index >= 15 is 0 Å². The summed E-state index contributed by atoms with van der Waals surface area (Å²) in [5.41, 5.74) is 1.79. The summed E-state index contributed by atoms with van der Waals surface area (Å²) >= 11 is 8.18. The fraction of sp³-hybridized carbons (Fsp3) is 0.333. The van der Waals surface area contributed by atoms with Crippen LogP contribution >= 0.6 is 35.3 Å². The summed E-state index contributed by atoms with van der Waals surface area (Å²) in [5.74, 6) is 0.895. The van der Waals surface area contributed by atoms with Crippen LogP contribution in [0.15, 0.2) is 64.5 Å². The number of hydrogen-bond donors (Lipinski definition) is 1. The second-order valence-electron chi connectivity index (χ2n) is 8.84. The quantitative estimate of drug-likeness (QED) is 0.166. The second-order valence-corrected chi connectivity index (χ2v) is 11.4. The molecule has 192 valence electrons. The number of carbonyl (C=O) groups is 1. The molecule has 0 aliphatic heterocycles. The first-order valence-corrected chi connectivity index (χ1v) is 14.7. The van der Waals surface area contributed by atoms with Crippen molar-refractivity contribution in [3.63, 3.8) is 0 Å². The average molecular weight is 553 g/mol. The van der Waals surface area contributed by atoms with E-state index in [2.05, 4.69) is 5.32 Å². The van der Waals surface area contributed by atoms with Gasteiger partial charge in [0.25, 0.3) is 5.56 Å². The predicted molar refractivity (Wildman–Crippen MR) is 152 cm³/mol. The Morgan fingerprint density at radius 2 is 1.78 bits per heavy atom. The van der Waals surface area contributed by atoms with Crippen LogP contribution in [0.3, 0.4) is 0 Å². The van der Waals surface area contributed by atoms with E-state index in [1.54, 1.807) is 4.57 Å². The maximum absolute atomic E-state index is 13.8. The van der Waals surface area contributed by atoms with E-state index in [-0.39, 0.29) is 23.3 Å². The highest BCUT2D eigenvalue weighted by Gasteiger charge is 2.21. The summed E-state index contributed by atoms with van der Waals surface area (Å²) in [4.78, 5) is 31.5. The normalized spacial score (nSPS) is 14.1. The Bertz CT molecular complexity index is 1500. The molecule has 1 aliphatic rings. The van der Waals surface area contributed by atoms with E-state index in [9.17, 15) is 9.59 Å². The molecule has 5 rings (SSSR count). The maximum atomic E-state index is 13.8. The zero-order chi connectivity index (χ0) is 25.8. The van der Waals surface area contributed by atoms with E-state index < -0.39 is 0 Å². The molecule has 1 aliphatic carbocycles. The van der Waals surface area contributed by atoms with Gasteiger partial charge < -0.3 is 10.1 Å². The van der Waals surface area contributed by atoms with Crippen molar-refractivity contribution in [3.8, 4) is 17.1 Å². The van der Waals surface area contributed by atoms with Crippen LogP contribution in [-0.2, 0) is 4.79 Å². The number of nitrogens with one attached hydrogen (secondary N) is 1. The van der Waals surface area contributed by atoms with Gasteiger partial charge in [-0.2, -0.15) is 0 Å². The van der Waals surface area contributed by atoms with E-state index in [1.807, 2.05) is 66.1 Å². The lowest BCUT2D eigenvalue weighted by atomic mass is 9.95. The minimum atomic E-state index is -0.202. The molecule has 1 N–H and O–H groups in total. The van der Waals surface area contributed by atoms with E-state index in [4.69, 9.17) is 21.9 Å². The van der Waals surface area contributed by atoms with E-state index in [0.717, 1.165) is 37.1 Å². The van der Waals surface area contributed by atoms with Crippen molar-refractivity contribution in [1.82, 2.24) is 19.4 Å². The van der Waals surface area contributed by atoms with Crippen LogP contribution < -0.4 is 15.6 Å². The largest absolute Gasteiger partial charge is 0.494 e. The number of benzene rings is 2. The third-order valence-electron chi connectivity index (χ3n) is 6.30. The number of rotatable bonds is 8. The van der Waals surface area contributed by atoms with Crippen molar-refractivity contribution in [2.75, 3.05) is 12.4 Å². The number of aromatic nitrogens is 3. The highest BCUT2D eigenvalue weighted by atomic mass is 32.2. The highest BCUT2D eigenvalue weighted by molar-refractivity contribution is 7.99. The molecular weight excluding hydrogens is 525 g/mol. The summed E-state index contributed by atoms with van der Waals surface area (Å²) in [6, 6.07) is 17.2. The van der Waals surface area contributed by atoms with Gasteiger partial charge in [-0.25, -0.2) is 4.98 Å². The lowest BCUT2D eigenvalue weighted by Gasteiger charge is -2.22. The Morgan fingerprint density at radius 3 is 2.49 bits per heavy atom. The lowest BCUT2D eigenvalue weighted by Crippen LogP contribution is -2.37.